The fourth-order valence-corrected chi connectivity index (χ4v) is 3.29. The lowest BCUT2D eigenvalue weighted by Gasteiger charge is -1.93. The monoisotopic (exact) mass is 346 g/mol. The maximum atomic E-state index is 4.56. The minimum absolute atomic E-state index is 0.607. The lowest BCUT2D eigenvalue weighted by molar-refractivity contribution is 0.950. The summed E-state index contributed by atoms with van der Waals surface area (Å²) in [6, 6.07) is 11.9. The van der Waals surface area contributed by atoms with Gasteiger partial charge in [-0.2, -0.15) is 14.7 Å². The SMILES string of the molecule is c1ccc(-c2cc(-c3nnc4sc(-c5cnccn5)nn34)[nH]n2)cc1. The molecular weight excluding hydrogens is 336 g/mol. The van der Waals surface area contributed by atoms with E-state index < -0.39 is 0 Å². The smallest absolute Gasteiger partial charge is 0.235 e. The van der Waals surface area contributed by atoms with Crippen molar-refractivity contribution in [3.05, 3.63) is 55.0 Å². The predicted molar refractivity (Wildman–Crippen MR) is 92.7 cm³/mol. The molecule has 0 aliphatic carbocycles. The lowest BCUT2D eigenvalue weighted by atomic mass is 10.1. The largest absolute Gasteiger partial charge is 0.274 e. The third-order valence-corrected chi connectivity index (χ3v) is 4.58. The predicted octanol–water partition coefficient (Wildman–Crippen LogP) is 2.70. The molecule has 4 aromatic heterocycles. The maximum Gasteiger partial charge on any atom is 0.235 e. The van der Waals surface area contributed by atoms with Gasteiger partial charge in [0.2, 0.25) is 10.8 Å². The highest BCUT2D eigenvalue weighted by Gasteiger charge is 2.17. The molecule has 0 amide bonds. The van der Waals surface area contributed by atoms with Crippen molar-refractivity contribution in [3.8, 4) is 33.5 Å². The number of aromatic nitrogens is 8. The Morgan fingerprint density at radius 1 is 1.00 bits per heavy atom. The molecule has 8 nitrogen and oxygen atoms in total. The first kappa shape index (κ1) is 13.9. The first-order chi connectivity index (χ1) is 12.4. The van der Waals surface area contributed by atoms with Crippen LogP contribution in [0.2, 0.25) is 0 Å². The van der Waals surface area contributed by atoms with Gasteiger partial charge in [-0.3, -0.25) is 15.1 Å². The number of hydrogen-bond donors (Lipinski definition) is 1. The summed E-state index contributed by atoms with van der Waals surface area (Å²) in [6.45, 7) is 0. The molecule has 0 fully saturated rings. The first-order valence-electron chi connectivity index (χ1n) is 7.48. The van der Waals surface area contributed by atoms with Crippen molar-refractivity contribution < 1.29 is 0 Å². The van der Waals surface area contributed by atoms with E-state index in [-0.39, 0.29) is 0 Å². The summed E-state index contributed by atoms with van der Waals surface area (Å²) in [5, 5.41) is 21.1. The minimum Gasteiger partial charge on any atom is -0.274 e. The van der Waals surface area contributed by atoms with Gasteiger partial charge < -0.3 is 0 Å². The van der Waals surface area contributed by atoms with Crippen molar-refractivity contribution in [2.75, 3.05) is 0 Å². The summed E-state index contributed by atoms with van der Waals surface area (Å²) in [7, 11) is 0. The van der Waals surface area contributed by atoms with Gasteiger partial charge in [0.1, 0.15) is 11.4 Å². The minimum atomic E-state index is 0.607. The average molecular weight is 346 g/mol. The molecule has 9 heteroatoms. The molecule has 0 radical (unpaired) electrons. The molecule has 1 N–H and O–H groups in total. The van der Waals surface area contributed by atoms with Crippen LogP contribution in [0.5, 0.6) is 0 Å². The zero-order valence-corrected chi connectivity index (χ0v) is 13.6. The fraction of sp³-hybridized carbons (Fsp3) is 0. The Morgan fingerprint density at radius 2 is 1.92 bits per heavy atom. The zero-order chi connectivity index (χ0) is 16.6. The van der Waals surface area contributed by atoms with Crippen LogP contribution in [0.4, 0.5) is 0 Å². The number of nitrogens with one attached hydrogen (secondary N) is 1. The molecule has 25 heavy (non-hydrogen) atoms. The molecule has 5 rings (SSSR count). The molecule has 1 aromatic carbocycles. The average Bonchev–Trinajstić information content (AvgIpc) is 3.38. The number of hydrogen-bond acceptors (Lipinski definition) is 7. The molecule has 0 aliphatic heterocycles. The van der Waals surface area contributed by atoms with Crippen LogP contribution in [-0.2, 0) is 0 Å². The van der Waals surface area contributed by atoms with Crippen molar-refractivity contribution in [2.24, 2.45) is 0 Å². The van der Waals surface area contributed by atoms with E-state index >= 15 is 0 Å². The lowest BCUT2D eigenvalue weighted by Crippen LogP contribution is -1.92. The van der Waals surface area contributed by atoms with Crippen LogP contribution < -0.4 is 0 Å². The molecule has 0 aliphatic rings. The van der Waals surface area contributed by atoms with Crippen LogP contribution in [0.25, 0.3) is 38.4 Å². The highest BCUT2D eigenvalue weighted by atomic mass is 32.1. The molecule has 120 valence electrons. The maximum absolute atomic E-state index is 4.56. The van der Waals surface area contributed by atoms with Crippen molar-refractivity contribution >= 4 is 16.3 Å². The number of rotatable bonds is 3. The molecule has 0 atom stereocenters. The van der Waals surface area contributed by atoms with Gasteiger partial charge in [-0.1, -0.05) is 41.7 Å². The van der Waals surface area contributed by atoms with Crippen LogP contribution >= 0.6 is 11.3 Å². The van der Waals surface area contributed by atoms with E-state index in [9.17, 15) is 0 Å². The van der Waals surface area contributed by atoms with E-state index in [1.54, 1.807) is 23.1 Å². The normalized spacial score (nSPS) is 11.2. The highest BCUT2D eigenvalue weighted by molar-refractivity contribution is 7.19. The van der Waals surface area contributed by atoms with Gasteiger partial charge in [-0.25, -0.2) is 0 Å². The molecule has 0 bridgehead atoms. The molecule has 0 unspecified atom stereocenters. The number of nitrogens with zero attached hydrogens (tertiary/aromatic N) is 7. The van der Waals surface area contributed by atoms with E-state index in [1.807, 2.05) is 36.4 Å². The molecule has 5 aromatic rings. The fourth-order valence-electron chi connectivity index (χ4n) is 2.49. The van der Waals surface area contributed by atoms with Crippen LogP contribution in [0, 0.1) is 0 Å². The summed E-state index contributed by atoms with van der Waals surface area (Å²) < 4.78 is 1.69. The third-order valence-electron chi connectivity index (χ3n) is 3.66. The topological polar surface area (TPSA) is 97.5 Å². The summed E-state index contributed by atoms with van der Waals surface area (Å²) in [4.78, 5) is 9.04. The number of H-pyrrole nitrogens is 1. The van der Waals surface area contributed by atoms with Crippen LogP contribution in [0.15, 0.2) is 55.0 Å². The highest BCUT2D eigenvalue weighted by Crippen LogP contribution is 2.27. The Balaban J connectivity index is 1.58. The van der Waals surface area contributed by atoms with E-state index in [4.69, 9.17) is 0 Å². The number of fused-ring (bicyclic) bond motifs is 1. The van der Waals surface area contributed by atoms with Crippen LogP contribution in [-0.4, -0.2) is 40.0 Å². The van der Waals surface area contributed by atoms with E-state index in [0.717, 1.165) is 22.0 Å². The summed E-state index contributed by atoms with van der Waals surface area (Å²) in [5.41, 5.74) is 3.34. The quantitative estimate of drug-likeness (QED) is 0.539. The zero-order valence-electron chi connectivity index (χ0n) is 12.7. The Kier molecular flexibility index (Phi) is 3.10. The van der Waals surface area contributed by atoms with Crippen molar-refractivity contribution in [1.82, 2.24) is 40.0 Å². The van der Waals surface area contributed by atoms with Gasteiger partial charge >= 0.3 is 0 Å². The van der Waals surface area contributed by atoms with Gasteiger partial charge in [0, 0.05) is 18.0 Å². The van der Waals surface area contributed by atoms with E-state index in [1.165, 1.54) is 11.3 Å². The van der Waals surface area contributed by atoms with Gasteiger partial charge in [0.15, 0.2) is 5.01 Å². The van der Waals surface area contributed by atoms with Crippen LogP contribution in [0.1, 0.15) is 0 Å². The van der Waals surface area contributed by atoms with Crippen molar-refractivity contribution in [2.45, 2.75) is 0 Å². The van der Waals surface area contributed by atoms with E-state index in [2.05, 4.69) is 35.5 Å². The van der Waals surface area contributed by atoms with E-state index in [0.29, 0.717) is 16.5 Å². The van der Waals surface area contributed by atoms with Gasteiger partial charge in [0.25, 0.3) is 0 Å². The van der Waals surface area contributed by atoms with Crippen molar-refractivity contribution in [3.63, 3.8) is 0 Å². The number of benzene rings is 1. The van der Waals surface area contributed by atoms with Crippen LogP contribution in [0.3, 0.4) is 0 Å². The second-order valence-corrected chi connectivity index (χ2v) is 6.20. The Labute approximate surface area is 145 Å². The van der Waals surface area contributed by atoms with Gasteiger partial charge in [-0.05, 0) is 6.07 Å². The molecule has 0 saturated heterocycles. The second kappa shape index (κ2) is 5.56. The summed E-state index contributed by atoms with van der Waals surface area (Å²) in [5.74, 6) is 0.607. The number of aromatic amines is 1. The summed E-state index contributed by atoms with van der Waals surface area (Å²) in [6.07, 6.45) is 4.94. The third kappa shape index (κ3) is 2.37. The molecule has 0 saturated carbocycles. The Hall–Kier alpha value is -3.46. The molecule has 4 heterocycles. The molecular formula is C16H10N8S. The second-order valence-electron chi connectivity index (χ2n) is 5.25. The standard InChI is InChI=1S/C16H10N8S/c1-2-4-10(5-3-1)11-8-12(20-19-11)14-21-22-16-24(14)23-15(25-16)13-9-17-6-7-18-13/h1-9H,(H,19,20). The first-order valence-corrected chi connectivity index (χ1v) is 8.30. The van der Waals surface area contributed by atoms with Crippen molar-refractivity contribution in [1.29, 1.82) is 0 Å². The Bertz CT molecular complexity index is 1140. The van der Waals surface area contributed by atoms with Gasteiger partial charge in [-0.15, -0.1) is 10.2 Å². The molecule has 0 spiro atoms. The van der Waals surface area contributed by atoms with Gasteiger partial charge in [0.05, 0.1) is 11.9 Å². The summed E-state index contributed by atoms with van der Waals surface area (Å²) >= 11 is 1.41. The Morgan fingerprint density at radius 3 is 2.76 bits per heavy atom.